The molecule has 0 bridgehead atoms. The third kappa shape index (κ3) is 5.58. The average molecular weight is 537 g/mol. The van der Waals surface area contributed by atoms with Gasteiger partial charge in [0, 0.05) is 24.7 Å². The Labute approximate surface area is 223 Å². The van der Waals surface area contributed by atoms with Crippen LogP contribution in [0.25, 0.3) is 11.2 Å². The maximum Gasteiger partial charge on any atom is 0.231 e. The highest BCUT2D eigenvalue weighted by molar-refractivity contribution is 5.86. The van der Waals surface area contributed by atoms with E-state index in [0.29, 0.717) is 30.9 Å². The van der Waals surface area contributed by atoms with E-state index in [1.54, 1.807) is 0 Å². The van der Waals surface area contributed by atoms with E-state index in [9.17, 15) is 0 Å². The molecule has 9 nitrogen and oxygen atoms in total. The van der Waals surface area contributed by atoms with E-state index in [4.69, 9.17) is 30.2 Å². The first-order chi connectivity index (χ1) is 16.7. The topological polar surface area (TPSA) is 112 Å². The van der Waals surface area contributed by atoms with Gasteiger partial charge in [-0.3, -0.25) is 0 Å². The molecule has 4 N–H and O–H groups in total. The normalized spacial score (nSPS) is 21.1. The van der Waals surface area contributed by atoms with Crippen LogP contribution in [0.2, 0.25) is 0 Å². The number of benzene rings is 1. The van der Waals surface area contributed by atoms with Crippen LogP contribution in [0.3, 0.4) is 0 Å². The van der Waals surface area contributed by atoms with E-state index in [1.807, 2.05) is 12.4 Å². The van der Waals surface area contributed by atoms with Gasteiger partial charge in [0.2, 0.25) is 12.7 Å². The maximum atomic E-state index is 6.10. The first-order valence-corrected chi connectivity index (χ1v) is 12.6. The summed E-state index contributed by atoms with van der Waals surface area (Å²) in [5.41, 5.74) is 9.05. The van der Waals surface area contributed by atoms with Crippen molar-refractivity contribution in [1.29, 1.82) is 0 Å². The number of nitrogens with zero attached hydrogens (tertiary/aromatic N) is 4. The fourth-order valence-corrected chi connectivity index (χ4v) is 5.42. The van der Waals surface area contributed by atoms with Crippen LogP contribution >= 0.6 is 24.8 Å². The highest BCUT2D eigenvalue weighted by Crippen LogP contribution is 2.34. The van der Waals surface area contributed by atoms with Crippen molar-refractivity contribution in [3.05, 3.63) is 30.1 Å². The van der Waals surface area contributed by atoms with Crippen molar-refractivity contribution < 1.29 is 9.47 Å². The maximum absolute atomic E-state index is 6.10. The monoisotopic (exact) mass is 535 g/mol. The third-order valence-corrected chi connectivity index (χ3v) is 7.39. The summed E-state index contributed by atoms with van der Waals surface area (Å²) in [7, 11) is 0. The molecule has 0 radical (unpaired) electrons. The molecule has 3 aliphatic rings. The third-order valence-electron chi connectivity index (χ3n) is 7.39. The van der Waals surface area contributed by atoms with Crippen LogP contribution in [0.1, 0.15) is 63.0 Å². The van der Waals surface area contributed by atoms with Gasteiger partial charge in [-0.05, 0) is 62.6 Å². The molecule has 2 aromatic heterocycles. The number of rotatable bonds is 7. The molecule has 2 fully saturated rings. The standard InChI is InChI=1S/C25H33N7O2.2ClH/c26-17-6-8-18(9-7-17)29-25-30-23(22-24(31-25)32(14-28-22)19-3-1-2-4-19)27-12-11-16-5-10-20-21(13-16)34-15-33-20;;/h5,10,13-14,17-19H,1-4,6-9,11-12,15,26H2,(H2,27,29,30,31);2*1H. The van der Waals surface area contributed by atoms with Gasteiger partial charge in [-0.2, -0.15) is 9.97 Å². The molecule has 1 aliphatic heterocycles. The van der Waals surface area contributed by atoms with Crippen LogP contribution in [0.4, 0.5) is 11.8 Å². The molecule has 0 amide bonds. The Kier molecular flexibility index (Phi) is 8.64. The Balaban J connectivity index is 0.00000152. The Morgan fingerprint density at radius 3 is 2.56 bits per heavy atom. The molecule has 11 heteroatoms. The van der Waals surface area contributed by atoms with Crippen molar-refractivity contribution in [2.75, 3.05) is 24.0 Å². The molecular formula is C25H35Cl2N7O2. The largest absolute Gasteiger partial charge is 0.454 e. The molecule has 2 saturated carbocycles. The van der Waals surface area contributed by atoms with E-state index in [-0.39, 0.29) is 24.8 Å². The number of fused-ring (bicyclic) bond motifs is 2. The Bertz CT molecular complexity index is 1160. The van der Waals surface area contributed by atoms with Gasteiger partial charge in [0.15, 0.2) is 28.5 Å². The zero-order chi connectivity index (χ0) is 22.9. The number of hydrogen-bond acceptors (Lipinski definition) is 8. The lowest BCUT2D eigenvalue weighted by atomic mass is 9.92. The van der Waals surface area contributed by atoms with Gasteiger partial charge in [-0.15, -0.1) is 24.8 Å². The summed E-state index contributed by atoms with van der Waals surface area (Å²) >= 11 is 0. The summed E-state index contributed by atoms with van der Waals surface area (Å²) in [5.74, 6) is 3.10. The van der Waals surface area contributed by atoms with Crippen molar-refractivity contribution in [1.82, 2.24) is 19.5 Å². The average Bonchev–Trinajstić information content (AvgIpc) is 3.61. The number of nitrogens with two attached hydrogens (primary N) is 1. The lowest BCUT2D eigenvalue weighted by Gasteiger charge is -2.27. The summed E-state index contributed by atoms with van der Waals surface area (Å²) in [6.45, 7) is 1.03. The van der Waals surface area contributed by atoms with Crippen LogP contribution in [0, 0.1) is 0 Å². The van der Waals surface area contributed by atoms with E-state index in [2.05, 4.69) is 27.3 Å². The molecule has 3 heterocycles. The summed E-state index contributed by atoms with van der Waals surface area (Å²) in [6.07, 6.45) is 11.9. The Hall–Kier alpha value is -2.49. The first kappa shape index (κ1) is 26.6. The first-order valence-electron chi connectivity index (χ1n) is 12.6. The number of nitrogens with one attached hydrogen (secondary N) is 2. The molecule has 0 spiro atoms. The van der Waals surface area contributed by atoms with Crippen LogP contribution in [0.15, 0.2) is 24.5 Å². The van der Waals surface area contributed by atoms with Crippen molar-refractivity contribution in [3.63, 3.8) is 0 Å². The second kappa shape index (κ2) is 11.7. The minimum absolute atomic E-state index is 0. The van der Waals surface area contributed by atoms with E-state index >= 15 is 0 Å². The SMILES string of the molecule is Cl.Cl.NC1CCC(Nc2nc(NCCc3ccc4c(c3)OCO4)c3ncn(C4CCCC4)c3n2)CC1. The molecule has 0 saturated heterocycles. The molecule has 2 aliphatic carbocycles. The van der Waals surface area contributed by atoms with Gasteiger partial charge in [-0.1, -0.05) is 18.9 Å². The summed E-state index contributed by atoms with van der Waals surface area (Å²) in [4.78, 5) is 14.5. The minimum Gasteiger partial charge on any atom is -0.454 e. The highest BCUT2D eigenvalue weighted by Gasteiger charge is 2.24. The number of anilines is 2. The van der Waals surface area contributed by atoms with Gasteiger partial charge < -0.3 is 30.4 Å². The van der Waals surface area contributed by atoms with Gasteiger partial charge in [0.1, 0.15) is 0 Å². The molecule has 0 atom stereocenters. The number of hydrogen-bond donors (Lipinski definition) is 3. The van der Waals surface area contributed by atoms with Crippen LogP contribution < -0.4 is 25.8 Å². The Morgan fingerprint density at radius 1 is 0.972 bits per heavy atom. The minimum atomic E-state index is 0. The van der Waals surface area contributed by atoms with Crippen LogP contribution in [-0.4, -0.2) is 44.9 Å². The molecule has 196 valence electrons. The summed E-state index contributed by atoms with van der Waals surface area (Å²) < 4.78 is 13.2. The molecule has 0 unspecified atom stereocenters. The smallest absolute Gasteiger partial charge is 0.231 e. The summed E-state index contributed by atoms with van der Waals surface area (Å²) in [5, 5.41) is 7.12. The lowest BCUT2D eigenvalue weighted by Crippen LogP contribution is -2.33. The zero-order valence-electron chi connectivity index (χ0n) is 20.3. The Morgan fingerprint density at radius 2 is 1.75 bits per heavy atom. The van der Waals surface area contributed by atoms with Gasteiger partial charge in [0.05, 0.1) is 6.33 Å². The van der Waals surface area contributed by atoms with Crippen molar-refractivity contribution in [2.45, 2.75) is 75.9 Å². The predicted molar refractivity (Wildman–Crippen MR) is 146 cm³/mol. The summed E-state index contributed by atoms with van der Waals surface area (Å²) in [6, 6.07) is 7.26. The van der Waals surface area contributed by atoms with Crippen LogP contribution in [-0.2, 0) is 6.42 Å². The van der Waals surface area contributed by atoms with Gasteiger partial charge in [0.25, 0.3) is 0 Å². The zero-order valence-corrected chi connectivity index (χ0v) is 22.0. The predicted octanol–water partition coefficient (Wildman–Crippen LogP) is 4.85. The van der Waals surface area contributed by atoms with E-state index in [1.165, 1.54) is 31.2 Å². The van der Waals surface area contributed by atoms with E-state index in [0.717, 1.165) is 67.1 Å². The van der Waals surface area contributed by atoms with Crippen molar-refractivity contribution in [2.24, 2.45) is 5.73 Å². The second-order valence-corrected chi connectivity index (χ2v) is 9.78. The second-order valence-electron chi connectivity index (χ2n) is 9.78. The number of halogens is 2. The van der Waals surface area contributed by atoms with Crippen molar-refractivity contribution >= 4 is 47.7 Å². The number of ether oxygens (including phenoxy) is 2. The number of imidazole rings is 1. The van der Waals surface area contributed by atoms with Crippen LogP contribution in [0.5, 0.6) is 11.5 Å². The molecule has 1 aromatic carbocycles. The van der Waals surface area contributed by atoms with Crippen molar-refractivity contribution in [3.8, 4) is 11.5 Å². The van der Waals surface area contributed by atoms with Gasteiger partial charge in [-0.25, -0.2) is 4.98 Å². The quantitative estimate of drug-likeness (QED) is 0.393. The molecular weight excluding hydrogens is 501 g/mol. The molecule has 6 rings (SSSR count). The van der Waals surface area contributed by atoms with Gasteiger partial charge >= 0.3 is 0 Å². The molecule has 36 heavy (non-hydrogen) atoms. The molecule has 3 aromatic rings. The highest BCUT2D eigenvalue weighted by atomic mass is 35.5. The fraction of sp³-hybridized carbons (Fsp3) is 0.560. The lowest BCUT2D eigenvalue weighted by molar-refractivity contribution is 0.174. The number of aromatic nitrogens is 4. The van der Waals surface area contributed by atoms with E-state index < -0.39 is 0 Å². The fourth-order valence-electron chi connectivity index (χ4n) is 5.42.